The first kappa shape index (κ1) is 24.0. The molecule has 0 aliphatic carbocycles. The number of nitrogens with two attached hydrogens (primary N) is 1. The molecule has 4 N–H and O–H groups in total. The van der Waals surface area contributed by atoms with Crippen molar-refractivity contribution >= 4 is 44.2 Å². The highest BCUT2D eigenvalue weighted by atomic mass is 32.2. The van der Waals surface area contributed by atoms with E-state index in [9.17, 15) is 18.0 Å². The molecule has 2 amide bonds. The number of ether oxygens (including phenoxy) is 2. The Morgan fingerprint density at radius 3 is 2.15 bits per heavy atom. The molecular formula is C23H25N3O6S. The summed E-state index contributed by atoms with van der Waals surface area (Å²) in [6, 6.07) is 14.7. The van der Waals surface area contributed by atoms with Gasteiger partial charge in [-0.25, -0.2) is 18.4 Å². The fourth-order valence-corrected chi connectivity index (χ4v) is 3.84. The van der Waals surface area contributed by atoms with Crippen molar-refractivity contribution in [3.05, 3.63) is 60.2 Å². The lowest BCUT2D eigenvalue weighted by atomic mass is 10.0. The zero-order valence-electron chi connectivity index (χ0n) is 18.6. The van der Waals surface area contributed by atoms with Gasteiger partial charge in [0.05, 0.1) is 18.4 Å². The lowest BCUT2D eigenvalue weighted by Gasteiger charge is -2.20. The Labute approximate surface area is 191 Å². The van der Waals surface area contributed by atoms with Crippen LogP contribution in [0.15, 0.2) is 59.5 Å². The summed E-state index contributed by atoms with van der Waals surface area (Å²) in [5.41, 5.74) is -0.148. The molecule has 9 nitrogen and oxygen atoms in total. The van der Waals surface area contributed by atoms with Gasteiger partial charge in [0, 0.05) is 5.69 Å². The highest BCUT2D eigenvalue weighted by Gasteiger charge is 2.21. The van der Waals surface area contributed by atoms with Gasteiger partial charge in [0.15, 0.2) is 0 Å². The number of nitrogens with one attached hydrogen (secondary N) is 2. The van der Waals surface area contributed by atoms with Crippen molar-refractivity contribution in [2.24, 2.45) is 5.14 Å². The van der Waals surface area contributed by atoms with Crippen molar-refractivity contribution in [3.8, 4) is 5.75 Å². The number of primary sulfonamides is 1. The quantitative estimate of drug-likeness (QED) is 0.512. The van der Waals surface area contributed by atoms with Crippen LogP contribution in [0.3, 0.4) is 0 Å². The van der Waals surface area contributed by atoms with Crippen LogP contribution < -0.4 is 20.5 Å². The molecule has 0 aromatic heterocycles. The van der Waals surface area contributed by atoms with E-state index in [0.717, 1.165) is 10.8 Å². The molecule has 33 heavy (non-hydrogen) atoms. The largest absolute Gasteiger partial charge is 0.495 e. The predicted molar refractivity (Wildman–Crippen MR) is 126 cm³/mol. The highest BCUT2D eigenvalue weighted by Crippen LogP contribution is 2.29. The molecule has 0 unspecified atom stereocenters. The minimum absolute atomic E-state index is 0.0495. The second-order valence-corrected chi connectivity index (χ2v) is 9.77. The predicted octanol–water partition coefficient (Wildman–Crippen LogP) is 4.10. The fourth-order valence-electron chi connectivity index (χ4n) is 3.12. The summed E-state index contributed by atoms with van der Waals surface area (Å²) in [7, 11) is -2.78. The number of hydrogen-bond acceptors (Lipinski definition) is 6. The van der Waals surface area contributed by atoms with E-state index in [1.165, 1.54) is 25.3 Å². The molecule has 0 fully saturated rings. The minimum atomic E-state index is -4.09. The monoisotopic (exact) mass is 471 g/mol. The smallest absolute Gasteiger partial charge is 0.412 e. The van der Waals surface area contributed by atoms with Gasteiger partial charge >= 0.3 is 6.09 Å². The van der Waals surface area contributed by atoms with E-state index in [-0.39, 0.29) is 27.6 Å². The van der Waals surface area contributed by atoms with E-state index in [1.54, 1.807) is 32.9 Å². The Morgan fingerprint density at radius 1 is 0.939 bits per heavy atom. The Bertz CT molecular complexity index is 1330. The molecule has 0 aliphatic heterocycles. The van der Waals surface area contributed by atoms with E-state index < -0.39 is 27.6 Å². The van der Waals surface area contributed by atoms with Crippen molar-refractivity contribution in [1.29, 1.82) is 0 Å². The Balaban J connectivity index is 2.00. The van der Waals surface area contributed by atoms with Crippen LogP contribution in [0.4, 0.5) is 16.2 Å². The highest BCUT2D eigenvalue weighted by molar-refractivity contribution is 7.89. The van der Waals surface area contributed by atoms with Crippen molar-refractivity contribution in [3.63, 3.8) is 0 Å². The molecule has 3 aromatic rings. The average molecular weight is 472 g/mol. The number of methoxy groups -OCH3 is 1. The Kier molecular flexibility index (Phi) is 6.61. The number of fused-ring (bicyclic) bond motifs is 1. The molecule has 0 atom stereocenters. The van der Waals surface area contributed by atoms with Gasteiger partial charge in [0.1, 0.15) is 16.2 Å². The summed E-state index contributed by atoms with van der Waals surface area (Å²) in [6.45, 7) is 5.19. The van der Waals surface area contributed by atoms with Crippen molar-refractivity contribution < 1.29 is 27.5 Å². The third-order valence-corrected chi connectivity index (χ3v) is 5.43. The summed E-state index contributed by atoms with van der Waals surface area (Å²) >= 11 is 0. The first-order valence-corrected chi connectivity index (χ1v) is 11.5. The number of sulfonamides is 1. The van der Waals surface area contributed by atoms with E-state index in [2.05, 4.69) is 10.6 Å². The molecule has 3 aromatic carbocycles. The number of anilines is 2. The SMILES string of the molecule is COc1ccc(NC(=O)c2cc3ccccc3cc2NC(=O)OC(C)(C)C)cc1S(N)(=O)=O. The Morgan fingerprint density at radius 2 is 1.58 bits per heavy atom. The summed E-state index contributed by atoms with van der Waals surface area (Å²) in [4.78, 5) is 25.2. The van der Waals surface area contributed by atoms with E-state index in [0.29, 0.717) is 0 Å². The molecule has 0 saturated carbocycles. The van der Waals surface area contributed by atoms with Gasteiger partial charge < -0.3 is 14.8 Å². The number of rotatable bonds is 5. The molecule has 0 spiro atoms. The normalized spacial score (nSPS) is 11.7. The number of carbonyl (C=O) groups excluding carboxylic acids is 2. The molecule has 0 bridgehead atoms. The van der Waals surface area contributed by atoms with Crippen LogP contribution in [0.1, 0.15) is 31.1 Å². The van der Waals surface area contributed by atoms with E-state index in [1.807, 2.05) is 24.3 Å². The summed E-state index contributed by atoms with van der Waals surface area (Å²) < 4.78 is 34.1. The first-order valence-electron chi connectivity index (χ1n) is 9.92. The van der Waals surface area contributed by atoms with Gasteiger partial charge in [-0.2, -0.15) is 0 Å². The number of amides is 2. The van der Waals surface area contributed by atoms with Crippen molar-refractivity contribution in [2.45, 2.75) is 31.3 Å². The van der Waals surface area contributed by atoms with Crippen LogP contribution in [-0.4, -0.2) is 33.1 Å². The lowest BCUT2D eigenvalue weighted by molar-refractivity contribution is 0.0636. The maximum atomic E-state index is 13.1. The van der Waals surface area contributed by atoms with Crippen LogP contribution in [-0.2, 0) is 14.8 Å². The molecule has 0 saturated heterocycles. The zero-order chi connectivity index (χ0) is 24.4. The summed E-state index contributed by atoms with van der Waals surface area (Å²) in [6.07, 6.45) is -0.715. The van der Waals surface area contributed by atoms with Crippen LogP contribution in [0.5, 0.6) is 5.75 Å². The summed E-state index contributed by atoms with van der Waals surface area (Å²) in [5, 5.41) is 12.1. The van der Waals surface area contributed by atoms with E-state index in [4.69, 9.17) is 14.6 Å². The molecule has 174 valence electrons. The van der Waals surface area contributed by atoms with Crippen molar-refractivity contribution in [2.75, 3.05) is 17.7 Å². The van der Waals surface area contributed by atoms with Gasteiger partial charge in [0.2, 0.25) is 10.0 Å². The lowest BCUT2D eigenvalue weighted by Crippen LogP contribution is -2.28. The standard InChI is InChI=1S/C23H25N3O6S/c1-23(2,3)32-22(28)26-18-12-15-8-6-5-7-14(15)11-17(18)21(27)25-16-9-10-19(31-4)20(13-16)33(24,29)30/h5-13H,1-4H3,(H,25,27)(H,26,28)(H2,24,29,30). The average Bonchev–Trinajstić information content (AvgIpc) is 2.71. The third kappa shape index (κ3) is 5.99. The van der Waals surface area contributed by atoms with Crippen LogP contribution >= 0.6 is 0 Å². The molecule has 0 aliphatic rings. The number of hydrogen-bond donors (Lipinski definition) is 3. The Hall–Kier alpha value is -3.63. The first-order chi connectivity index (χ1) is 15.4. The maximum absolute atomic E-state index is 13.1. The molecule has 3 rings (SSSR count). The van der Waals surface area contributed by atoms with Crippen LogP contribution in [0, 0.1) is 0 Å². The van der Waals surface area contributed by atoms with Crippen LogP contribution in [0.25, 0.3) is 10.8 Å². The van der Waals surface area contributed by atoms with Gasteiger partial charge in [-0.05, 0) is 61.9 Å². The number of benzene rings is 3. The minimum Gasteiger partial charge on any atom is -0.495 e. The van der Waals surface area contributed by atoms with Gasteiger partial charge in [-0.15, -0.1) is 0 Å². The molecule has 10 heteroatoms. The molecule has 0 heterocycles. The second-order valence-electron chi connectivity index (χ2n) is 8.24. The topological polar surface area (TPSA) is 137 Å². The van der Waals surface area contributed by atoms with Gasteiger partial charge in [-0.3, -0.25) is 10.1 Å². The maximum Gasteiger partial charge on any atom is 0.412 e. The zero-order valence-corrected chi connectivity index (χ0v) is 19.4. The van der Waals surface area contributed by atoms with Crippen molar-refractivity contribution in [1.82, 2.24) is 0 Å². The second kappa shape index (κ2) is 9.08. The fraction of sp³-hybridized carbons (Fsp3) is 0.217. The van der Waals surface area contributed by atoms with Gasteiger partial charge in [-0.1, -0.05) is 24.3 Å². The molecular weight excluding hydrogens is 446 g/mol. The summed E-state index contributed by atoms with van der Waals surface area (Å²) in [5.74, 6) is -0.522. The van der Waals surface area contributed by atoms with E-state index >= 15 is 0 Å². The number of carbonyl (C=O) groups is 2. The van der Waals surface area contributed by atoms with Gasteiger partial charge in [0.25, 0.3) is 5.91 Å². The third-order valence-electron chi connectivity index (χ3n) is 4.49. The molecule has 0 radical (unpaired) electrons. The van der Waals surface area contributed by atoms with Crippen LogP contribution in [0.2, 0.25) is 0 Å².